The van der Waals surface area contributed by atoms with Crippen LogP contribution in [0.1, 0.15) is 0 Å². The topological polar surface area (TPSA) is 102 Å². The van der Waals surface area contributed by atoms with Crippen LogP contribution in [0.4, 0.5) is 11.5 Å². The average Bonchev–Trinajstić information content (AvgIpc) is 3.26. The summed E-state index contributed by atoms with van der Waals surface area (Å²) in [4.78, 5) is 11.0. The highest BCUT2D eigenvalue weighted by molar-refractivity contribution is 5.94. The number of methoxy groups -OCH3 is 1. The third kappa shape index (κ3) is 4.70. The SMILES string of the molecule is COc1cc2c(Nc3ccc4occcc3-4)ncnc2cc1OCC(O)CN1CCOCC1. The Morgan fingerprint density at radius 3 is 2.88 bits per heavy atom. The van der Waals surface area contributed by atoms with Gasteiger partial charge in [-0.2, -0.15) is 0 Å². The number of fused-ring (bicyclic) bond motifs is 2. The number of aliphatic hydroxyl groups is 1. The van der Waals surface area contributed by atoms with Crippen molar-refractivity contribution in [3.05, 3.63) is 49.0 Å². The van der Waals surface area contributed by atoms with Gasteiger partial charge in [0.05, 0.1) is 37.8 Å². The Morgan fingerprint density at radius 2 is 2.03 bits per heavy atom. The van der Waals surface area contributed by atoms with E-state index in [4.69, 9.17) is 18.6 Å². The van der Waals surface area contributed by atoms with E-state index in [-0.39, 0.29) is 6.61 Å². The van der Waals surface area contributed by atoms with E-state index in [0.29, 0.717) is 42.6 Å². The number of nitrogens with one attached hydrogen (secondary N) is 1. The predicted molar refractivity (Wildman–Crippen MR) is 123 cm³/mol. The normalized spacial score (nSPS) is 15.6. The molecule has 3 heterocycles. The molecule has 0 spiro atoms. The molecule has 1 aliphatic carbocycles. The molecule has 0 saturated carbocycles. The summed E-state index contributed by atoms with van der Waals surface area (Å²) in [7, 11) is 1.58. The van der Waals surface area contributed by atoms with E-state index in [2.05, 4.69) is 20.2 Å². The lowest BCUT2D eigenvalue weighted by Crippen LogP contribution is -2.42. The molecule has 172 valence electrons. The molecule has 33 heavy (non-hydrogen) atoms. The summed E-state index contributed by atoms with van der Waals surface area (Å²) in [5.41, 5.74) is 2.55. The summed E-state index contributed by atoms with van der Waals surface area (Å²) in [5, 5.41) is 14.6. The summed E-state index contributed by atoms with van der Waals surface area (Å²) in [6, 6.07) is 11.4. The molecule has 9 heteroatoms. The van der Waals surface area contributed by atoms with Crippen LogP contribution in [0.5, 0.6) is 11.5 Å². The number of aromatic nitrogens is 2. The van der Waals surface area contributed by atoms with Gasteiger partial charge in [-0.25, -0.2) is 9.97 Å². The minimum Gasteiger partial charge on any atom is -0.493 e. The van der Waals surface area contributed by atoms with Crippen molar-refractivity contribution < 1.29 is 23.7 Å². The molecule has 0 amide bonds. The summed E-state index contributed by atoms with van der Waals surface area (Å²) in [6.45, 7) is 3.70. The number of aliphatic hydroxyl groups excluding tert-OH is 1. The monoisotopic (exact) mass is 450 g/mol. The van der Waals surface area contributed by atoms with Gasteiger partial charge < -0.3 is 29.1 Å². The molecule has 9 nitrogen and oxygen atoms in total. The van der Waals surface area contributed by atoms with E-state index in [1.165, 1.54) is 6.33 Å². The van der Waals surface area contributed by atoms with E-state index >= 15 is 0 Å². The Kier molecular flexibility index (Phi) is 6.25. The lowest BCUT2D eigenvalue weighted by molar-refractivity contribution is 0.00446. The molecular formula is C24H26N4O5. The fraction of sp³-hybridized carbons (Fsp3) is 0.333. The van der Waals surface area contributed by atoms with E-state index in [1.54, 1.807) is 19.4 Å². The lowest BCUT2D eigenvalue weighted by atomic mass is 10.2. The molecular weight excluding hydrogens is 424 g/mol. The first-order valence-electron chi connectivity index (χ1n) is 10.9. The fourth-order valence-corrected chi connectivity index (χ4v) is 3.99. The van der Waals surface area contributed by atoms with Crippen LogP contribution in [0.2, 0.25) is 0 Å². The van der Waals surface area contributed by atoms with Gasteiger partial charge in [0.1, 0.15) is 30.6 Å². The third-order valence-corrected chi connectivity index (χ3v) is 5.67. The van der Waals surface area contributed by atoms with Gasteiger partial charge in [-0.3, -0.25) is 4.90 Å². The van der Waals surface area contributed by atoms with Crippen LogP contribution >= 0.6 is 0 Å². The van der Waals surface area contributed by atoms with Crippen LogP contribution in [0, 0.1) is 0 Å². The average molecular weight is 450 g/mol. The molecule has 5 rings (SSSR count). The Balaban J connectivity index is 1.35. The quantitative estimate of drug-likeness (QED) is 0.419. The zero-order chi connectivity index (χ0) is 22.6. The van der Waals surface area contributed by atoms with Crippen molar-refractivity contribution in [2.24, 2.45) is 0 Å². The van der Waals surface area contributed by atoms with E-state index in [9.17, 15) is 5.11 Å². The van der Waals surface area contributed by atoms with E-state index in [1.807, 2.05) is 30.3 Å². The number of β-amino-alcohol motifs (C(OH)–C–C–N with tert-alkyl or cyclic N) is 1. The highest BCUT2D eigenvalue weighted by Crippen LogP contribution is 2.37. The Labute approximate surface area is 191 Å². The maximum atomic E-state index is 10.4. The van der Waals surface area contributed by atoms with Gasteiger partial charge in [0, 0.05) is 36.7 Å². The molecule has 1 aromatic heterocycles. The molecule has 1 atom stereocenters. The van der Waals surface area contributed by atoms with Gasteiger partial charge in [0.15, 0.2) is 11.5 Å². The molecule has 1 aromatic carbocycles. The van der Waals surface area contributed by atoms with Crippen molar-refractivity contribution >= 4 is 22.4 Å². The highest BCUT2D eigenvalue weighted by Gasteiger charge is 2.18. The number of rotatable bonds is 8. The molecule has 2 aromatic rings. The van der Waals surface area contributed by atoms with Gasteiger partial charge in [-0.15, -0.1) is 0 Å². The van der Waals surface area contributed by atoms with Crippen molar-refractivity contribution in [1.29, 1.82) is 0 Å². The second kappa shape index (κ2) is 9.62. The zero-order valence-electron chi connectivity index (χ0n) is 18.4. The van der Waals surface area contributed by atoms with Crippen LogP contribution in [0.25, 0.3) is 22.2 Å². The second-order valence-corrected chi connectivity index (χ2v) is 7.88. The van der Waals surface area contributed by atoms with Crippen LogP contribution in [-0.2, 0) is 4.74 Å². The first-order valence-corrected chi connectivity index (χ1v) is 10.9. The first kappa shape index (κ1) is 21.4. The van der Waals surface area contributed by atoms with Crippen molar-refractivity contribution in [2.45, 2.75) is 6.10 Å². The van der Waals surface area contributed by atoms with Gasteiger partial charge >= 0.3 is 0 Å². The lowest BCUT2D eigenvalue weighted by Gasteiger charge is -2.28. The smallest absolute Gasteiger partial charge is 0.163 e. The molecule has 0 radical (unpaired) electrons. The second-order valence-electron chi connectivity index (χ2n) is 7.88. The number of anilines is 2. The third-order valence-electron chi connectivity index (χ3n) is 5.67. The number of ether oxygens (including phenoxy) is 3. The summed E-state index contributed by atoms with van der Waals surface area (Å²) in [5.74, 6) is 2.50. The van der Waals surface area contributed by atoms with Crippen molar-refractivity contribution in [1.82, 2.24) is 14.9 Å². The van der Waals surface area contributed by atoms with Crippen molar-refractivity contribution in [2.75, 3.05) is 51.9 Å². The standard InChI is InChI=1S/C24H26N4O5/c1-30-22-11-18-20(12-23(22)33-14-16(29)13-28-6-9-31-10-7-28)25-15-26-24(18)27-19-4-5-21-17(19)3-2-8-32-21/h2-5,8,11-12,15-16,29H,6-7,9-10,13-14H2,1H3,(H,25,26,27). The molecule has 1 fully saturated rings. The van der Waals surface area contributed by atoms with Crippen molar-refractivity contribution in [3.63, 3.8) is 0 Å². The number of hydrogen-bond acceptors (Lipinski definition) is 9. The minimum absolute atomic E-state index is 0.151. The summed E-state index contributed by atoms with van der Waals surface area (Å²) >= 11 is 0. The maximum Gasteiger partial charge on any atom is 0.163 e. The largest absolute Gasteiger partial charge is 0.493 e. The number of nitrogens with zero attached hydrogens (tertiary/aromatic N) is 3. The van der Waals surface area contributed by atoms with Gasteiger partial charge in [0.25, 0.3) is 0 Å². The summed E-state index contributed by atoms with van der Waals surface area (Å²) in [6.07, 6.45) is 2.53. The Hall–Kier alpha value is -3.40. The Bertz CT molecular complexity index is 1190. The Morgan fingerprint density at radius 1 is 1.15 bits per heavy atom. The maximum absolute atomic E-state index is 10.4. The van der Waals surface area contributed by atoms with Gasteiger partial charge in [-0.05, 0) is 30.3 Å². The molecule has 2 aliphatic heterocycles. The number of benzene rings is 1. The number of hydrogen-bond donors (Lipinski definition) is 2. The number of morpholine rings is 1. The highest BCUT2D eigenvalue weighted by atomic mass is 16.5. The summed E-state index contributed by atoms with van der Waals surface area (Å²) < 4.78 is 22.4. The molecule has 3 aliphatic rings. The van der Waals surface area contributed by atoms with Crippen LogP contribution in [0.15, 0.2) is 53.4 Å². The fourth-order valence-electron chi connectivity index (χ4n) is 3.99. The molecule has 2 N–H and O–H groups in total. The van der Waals surface area contributed by atoms with E-state index < -0.39 is 6.10 Å². The predicted octanol–water partition coefficient (Wildman–Crippen LogP) is 3.15. The van der Waals surface area contributed by atoms with Crippen LogP contribution in [-0.4, -0.2) is 72.6 Å². The minimum atomic E-state index is -0.623. The van der Waals surface area contributed by atoms with Gasteiger partial charge in [-0.1, -0.05) is 0 Å². The van der Waals surface area contributed by atoms with Crippen LogP contribution in [0.3, 0.4) is 0 Å². The molecule has 1 saturated heterocycles. The zero-order valence-corrected chi connectivity index (χ0v) is 18.4. The van der Waals surface area contributed by atoms with Crippen molar-refractivity contribution in [3.8, 4) is 22.8 Å². The van der Waals surface area contributed by atoms with Crippen LogP contribution < -0.4 is 14.8 Å². The first-order chi connectivity index (χ1) is 16.2. The van der Waals surface area contributed by atoms with Gasteiger partial charge in [0.2, 0.25) is 0 Å². The van der Waals surface area contributed by atoms with E-state index in [0.717, 1.165) is 35.5 Å². The molecule has 0 bridgehead atoms. The molecule has 1 unspecified atom stereocenters.